The van der Waals surface area contributed by atoms with E-state index in [0.717, 1.165) is 63.2 Å². The smallest absolute Gasteiger partial charge is 0.184 e. The van der Waals surface area contributed by atoms with Crippen LogP contribution >= 0.6 is 11.6 Å². The summed E-state index contributed by atoms with van der Waals surface area (Å²) in [5.74, 6) is 0. The van der Waals surface area contributed by atoms with E-state index in [1.807, 2.05) is 30.3 Å². The molecule has 5 heteroatoms. The third-order valence-corrected chi connectivity index (χ3v) is 9.40. The maximum atomic E-state index is 13.2. The van der Waals surface area contributed by atoms with Gasteiger partial charge in [0.25, 0.3) is 0 Å². The van der Waals surface area contributed by atoms with Gasteiger partial charge < -0.3 is 0 Å². The normalized spacial score (nSPS) is 19.4. The van der Waals surface area contributed by atoms with E-state index in [0.29, 0.717) is 4.90 Å². The van der Waals surface area contributed by atoms with Gasteiger partial charge in [-0.2, -0.15) is 0 Å². The first-order chi connectivity index (χ1) is 14.0. The molecule has 0 aromatic heterocycles. The zero-order chi connectivity index (χ0) is 20.3. The molecular weight excluding hydrogens is 402 g/mol. The number of rotatable bonds is 7. The van der Waals surface area contributed by atoms with Crippen molar-refractivity contribution in [2.24, 2.45) is 0 Å². The Balaban J connectivity index is 1.34. The van der Waals surface area contributed by atoms with Gasteiger partial charge in [0.05, 0.1) is 9.64 Å². The molecule has 1 aliphatic carbocycles. The second-order valence-corrected chi connectivity index (χ2v) is 11.0. The van der Waals surface area contributed by atoms with E-state index >= 15 is 0 Å². The minimum Gasteiger partial charge on any atom is -0.299 e. The molecule has 0 amide bonds. The Labute approximate surface area is 179 Å². The van der Waals surface area contributed by atoms with E-state index in [2.05, 4.69) is 23.1 Å². The molecule has 0 unspecified atom stereocenters. The van der Waals surface area contributed by atoms with Gasteiger partial charge in [-0.05, 0) is 74.1 Å². The molecule has 2 aromatic carbocycles. The predicted octanol–water partition coefficient (Wildman–Crippen LogP) is 5.61. The van der Waals surface area contributed by atoms with E-state index in [1.54, 1.807) is 12.1 Å². The van der Waals surface area contributed by atoms with Crippen molar-refractivity contribution in [1.82, 2.24) is 4.90 Å². The van der Waals surface area contributed by atoms with Crippen LogP contribution in [-0.2, 0) is 9.84 Å². The highest BCUT2D eigenvalue weighted by molar-refractivity contribution is 7.93. The summed E-state index contributed by atoms with van der Waals surface area (Å²) in [6.07, 6.45) is 7.62. The molecule has 1 saturated carbocycles. The van der Waals surface area contributed by atoms with Gasteiger partial charge in [0.15, 0.2) is 9.84 Å². The summed E-state index contributed by atoms with van der Waals surface area (Å²) >= 11 is 5.99. The Bertz CT molecular complexity index is 964. The van der Waals surface area contributed by atoms with E-state index < -0.39 is 14.6 Å². The van der Waals surface area contributed by atoms with Crippen LogP contribution in [0.3, 0.4) is 0 Å². The largest absolute Gasteiger partial charge is 0.299 e. The number of sulfone groups is 1. The first-order valence-electron chi connectivity index (χ1n) is 10.5. The average Bonchev–Trinajstić information content (AvgIpc) is 2.71. The monoisotopic (exact) mass is 429 g/mol. The summed E-state index contributed by atoms with van der Waals surface area (Å²) in [4.78, 5) is 2.91. The Morgan fingerprint density at radius 3 is 2.31 bits per heavy atom. The molecule has 1 aliphatic heterocycles. The van der Waals surface area contributed by atoms with Crippen molar-refractivity contribution in [2.45, 2.75) is 48.2 Å². The van der Waals surface area contributed by atoms with Crippen molar-refractivity contribution < 1.29 is 8.42 Å². The SMILES string of the molecule is O=S(=O)(c1ccccc1)C1(CCCN2CC=C(c3ccc(Cl)cc3)CC2)CCC1. The maximum absolute atomic E-state index is 13.2. The zero-order valence-electron chi connectivity index (χ0n) is 16.7. The van der Waals surface area contributed by atoms with Crippen LogP contribution < -0.4 is 0 Å². The Morgan fingerprint density at radius 1 is 1.00 bits per heavy atom. The molecule has 1 heterocycles. The van der Waals surface area contributed by atoms with Gasteiger partial charge in [-0.3, -0.25) is 4.90 Å². The Morgan fingerprint density at radius 2 is 1.72 bits per heavy atom. The minimum absolute atomic E-state index is 0.480. The first-order valence-corrected chi connectivity index (χ1v) is 12.3. The third-order valence-electron chi connectivity index (χ3n) is 6.50. The van der Waals surface area contributed by atoms with Crippen molar-refractivity contribution in [1.29, 1.82) is 0 Å². The van der Waals surface area contributed by atoms with Gasteiger partial charge in [-0.1, -0.05) is 54.4 Å². The van der Waals surface area contributed by atoms with E-state index in [9.17, 15) is 8.42 Å². The summed E-state index contributed by atoms with van der Waals surface area (Å²) in [5, 5.41) is 0.766. The van der Waals surface area contributed by atoms with Crippen LogP contribution in [0, 0.1) is 0 Å². The van der Waals surface area contributed by atoms with Gasteiger partial charge in [0.2, 0.25) is 0 Å². The third kappa shape index (κ3) is 4.30. The van der Waals surface area contributed by atoms with Crippen LogP contribution in [0.15, 0.2) is 65.6 Å². The number of benzene rings is 2. The molecule has 154 valence electrons. The average molecular weight is 430 g/mol. The van der Waals surface area contributed by atoms with Gasteiger partial charge in [-0.25, -0.2) is 8.42 Å². The second-order valence-electron chi connectivity index (χ2n) is 8.24. The summed E-state index contributed by atoms with van der Waals surface area (Å²) < 4.78 is 25.9. The van der Waals surface area contributed by atoms with Crippen molar-refractivity contribution in [3.63, 3.8) is 0 Å². The van der Waals surface area contributed by atoms with Crippen molar-refractivity contribution in [3.8, 4) is 0 Å². The minimum atomic E-state index is -3.26. The van der Waals surface area contributed by atoms with Gasteiger partial charge in [0, 0.05) is 18.1 Å². The van der Waals surface area contributed by atoms with Gasteiger partial charge in [-0.15, -0.1) is 0 Å². The summed E-state index contributed by atoms with van der Waals surface area (Å²) in [7, 11) is -3.26. The summed E-state index contributed by atoms with van der Waals surface area (Å²) in [6.45, 7) is 2.90. The lowest BCUT2D eigenvalue weighted by atomic mass is 9.81. The number of hydrogen-bond acceptors (Lipinski definition) is 3. The fourth-order valence-corrected chi connectivity index (χ4v) is 6.92. The molecule has 29 heavy (non-hydrogen) atoms. The molecular formula is C24H28ClNO2S. The fraction of sp³-hybridized carbons (Fsp3) is 0.417. The molecule has 3 nitrogen and oxygen atoms in total. The second kappa shape index (κ2) is 8.63. The van der Waals surface area contributed by atoms with Crippen LogP contribution in [0.2, 0.25) is 5.02 Å². The molecule has 0 saturated heterocycles. The van der Waals surface area contributed by atoms with E-state index in [1.165, 1.54) is 11.1 Å². The molecule has 2 aromatic rings. The number of hydrogen-bond donors (Lipinski definition) is 0. The molecule has 4 rings (SSSR count). The lowest BCUT2D eigenvalue weighted by Crippen LogP contribution is -2.45. The Kier molecular flexibility index (Phi) is 6.14. The standard InChI is InChI=1S/C24H28ClNO2S/c25-22-10-8-20(9-11-22)21-12-18-26(19-13-21)17-5-16-24(14-4-15-24)29(27,28)23-6-2-1-3-7-23/h1-3,6-12H,4-5,13-19H2. The first kappa shape index (κ1) is 20.6. The molecule has 0 N–H and O–H groups in total. The van der Waals surface area contributed by atoms with E-state index in [4.69, 9.17) is 11.6 Å². The predicted molar refractivity (Wildman–Crippen MR) is 120 cm³/mol. The van der Waals surface area contributed by atoms with Gasteiger partial charge in [0.1, 0.15) is 0 Å². The highest BCUT2D eigenvalue weighted by Crippen LogP contribution is 2.46. The van der Waals surface area contributed by atoms with Crippen molar-refractivity contribution in [3.05, 3.63) is 71.3 Å². The van der Waals surface area contributed by atoms with Crippen LogP contribution in [0.1, 0.15) is 44.1 Å². The van der Waals surface area contributed by atoms with Crippen molar-refractivity contribution in [2.75, 3.05) is 19.6 Å². The van der Waals surface area contributed by atoms with Crippen molar-refractivity contribution >= 4 is 27.0 Å². The molecule has 1 fully saturated rings. The topological polar surface area (TPSA) is 37.4 Å². The lowest BCUT2D eigenvalue weighted by molar-refractivity contribution is 0.260. The van der Waals surface area contributed by atoms with Crippen LogP contribution in [0.4, 0.5) is 0 Å². The highest BCUT2D eigenvalue weighted by atomic mass is 35.5. The number of nitrogens with zero attached hydrogens (tertiary/aromatic N) is 1. The lowest BCUT2D eigenvalue weighted by Gasteiger charge is -2.41. The molecule has 0 atom stereocenters. The van der Waals surface area contributed by atoms with Gasteiger partial charge >= 0.3 is 0 Å². The van der Waals surface area contributed by atoms with Crippen LogP contribution in [-0.4, -0.2) is 37.7 Å². The molecule has 0 radical (unpaired) electrons. The van der Waals surface area contributed by atoms with E-state index in [-0.39, 0.29) is 0 Å². The molecule has 2 aliphatic rings. The molecule has 0 bridgehead atoms. The maximum Gasteiger partial charge on any atom is 0.184 e. The molecule has 0 spiro atoms. The summed E-state index contributed by atoms with van der Waals surface area (Å²) in [5.41, 5.74) is 2.62. The summed E-state index contributed by atoms with van der Waals surface area (Å²) in [6, 6.07) is 17.0. The fourth-order valence-electron chi connectivity index (χ4n) is 4.54. The Hall–Kier alpha value is -1.62. The quantitative estimate of drug-likeness (QED) is 0.574. The number of halogens is 1. The van der Waals surface area contributed by atoms with Crippen LogP contribution in [0.25, 0.3) is 5.57 Å². The zero-order valence-corrected chi connectivity index (χ0v) is 18.3. The highest BCUT2D eigenvalue weighted by Gasteiger charge is 2.48. The van der Waals surface area contributed by atoms with Crippen LogP contribution in [0.5, 0.6) is 0 Å².